The molecule has 0 saturated carbocycles. The molecule has 0 radical (unpaired) electrons. The lowest BCUT2D eigenvalue weighted by atomic mass is 10.2. The molecular formula is C19H18N6O3. The molecule has 142 valence electrons. The van der Waals surface area contributed by atoms with Crippen molar-refractivity contribution in [2.45, 2.75) is 26.3 Å². The lowest BCUT2D eigenvalue weighted by Gasteiger charge is -2.02. The van der Waals surface area contributed by atoms with Gasteiger partial charge in [0.15, 0.2) is 17.3 Å². The number of amides is 1. The normalized spacial score (nSPS) is 11.5. The van der Waals surface area contributed by atoms with Crippen molar-refractivity contribution in [1.82, 2.24) is 30.1 Å². The quantitative estimate of drug-likeness (QED) is 0.492. The van der Waals surface area contributed by atoms with Crippen LogP contribution in [0.4, 0.5) is 0 Å². The number of nitrogens with one attached hydrogen (secondary N) is 1. The maximum absolute atomic E-state index is 12.0. The van der Waals surface area contributed by atoms with Gasteiger partial charge in [0.05, 0.1) is 18.4 Å². The van der Waals surface area contributed by atoms with E-state index in [0.717, 1.165) is 12.8 Å². The number of hydrogen-bond acceptors (Lipinski definition) is 7. The topological polar surface area (TPSA) is 111 Å². The Balaban J connectivity index is 1.50. The third kappa shape index (κ3) is 3.68. The molecule has 1 N–H and O–H groups in total. The number of aromatic nitrogens is 5. The van der Waals surface area contributed by atoms with Crippen LogP contribution in [0.2, 0.25) is 0 Å². The highest BCUT2D eigenvalue weighted by Gasteiger charge is 2.16. The van der Waals surface area contributed by atoms with E-state index in [1.165, 1.54) is 6.08 Å². The van der Waals surface area contributed by atoms with E-state index in [4.69, 9.17) is 8.94 Å². The fourth-order valence-electron chi connectivity index (χ4n) is 2.71. The van der Waals surface area contributed by atoms with Crippen molar-refractivity contribution in [3.05, 3.63) is 60.2 Å². The van der Waals surface area contributed by atoms with Crippen LogP contribution in [0.3, 0.4) is 0 Å². The van der Waals surface area contributed by atoms with Gasteiger partial charge in [-0.25, -0.2) is 0 Å². The number of pyridine rings is 1. The Morgan fingerprint density at radius 3 is 3.04 bits per heavy atom. The number of carbonyl (C=O) groups is 1. The number of carbonyl (C=O) groups excluding carboxylic acids is 1. The molecule has 0 aliphatic carbocycles. The van der Waals surface area contributed by atoms with E-state index in [1.807, 2.05) is 18.3 Å². The summed E-state index contributed by atoms with van der Waals surface area (Å²) in [6, 6.07) is 7.21. The minimum Gasteiger partial charge on any atom is -0.465 e. The second-order valence-corrected chi connectivity index (χ2v) is 6.06. The summed E-state index contributed by atoms with van der Waals surface area (Å²) < 4.78 is 12.3. The Kier molecular flexibility index (Phi) is 4.96. The molecule has 0 aliphatic heterocycles. The molecule has 0 fully saturated rings. The van der Waals surface area contributed by atoms with E-state index in [0.29, 0.717) is 34.5 Å². The van der Waals surface area contributed by atoms with Crippen LogP contribution in [0.15, 0.2) is 51.7 Å². The van der Waals surface area contributed by atoms with Gasteiger partial charge in [-0.2, -0.15) is 4.98 Å². The van der Waals surface area contributed by atoms with Crippen LogP contribution in [0, 0.1) is 0 Å². The molecule has 9 nitrogen and oxygen atoms in total. The van der Waals surface area contributed by atoms with E-state index in [9.17, 15) is 4.79 Å². The SMILES string of the molecule is CCCc1noc(-c2cccn3c(CNC(=O)/C=C/c4ccco4)nnc23)n1. The minimum atomic E-state index is -0.259. The summed E-state index contributed by atoms with van der Waals surface area (Å²) in [5.41, 5.74) is 1.28. The summed E-state index contributed by atoms with van der Waals surface area (Å²) in [4.78, 5) is 16.4. The van der Waals surface area contributed by atoms with Crippen LogP contribution < -0.4 is 5.32 Å². The summed E-state index contributed by atoms with van der Waals surface area (Å²) in [6.07, 6.45) is 8.06. The molecule has 28 heavy (non-hydrogen) atoms. The lowest BCUT2D eigenvalue weighted by molar-refractivity contribution is -0.116. The third-order valence-electron chi connectivity index (χ3n) is 4.04. The molecular weight excluding hydrogens is 360 g/mol. The maximum Gasteiger partial charge on any atom is 0.261 e. The van der Waals surface area contributed by atoms with Gasteiger partial charge in [-0.3, -0.25) is 9.20 Å². The first kappa shape index (κ1) is 17.7. The fraction of sp³-hybridized carbons (Fsp3) is 0.211. The summed E-state index contributed by atoms with van der Waals surface area (Å²) in [6.45, 7) is 2.27. The molecule has 0 atom stereocenters. The molecule has 4 aromatic heterocycles. The molecule has 1 amide bonds. The highest BCUT2D eigenvalue weighted by Crippen LogP contribution is 2.22. The van der Waals surface area contributed by atoms with Gasteiger partial charge < -0.3 is 14.3 Å². The smallest absolute Gasteiger partial charge is 0.261 e. The summed E-state index contributed by atoms with van der Waals surface area (Å²) in [5.74, 6) is 2.00. The molecule has 4 heterocycles. The second kappa shape index (κ2) is 7.87. The Morgan fingerprint density at radius 2 is 2.21 bits per heavy atom. The summed E-state index contributed by atoms with van der Waals surface area (Å²) in [7, 11) is 0. The van der Waals surface area contributed by atoms with Crippen molar-refractivity contribution in [2.75, 3.05) is 0 Å². The largest absolute Gasteiger partial charge is 0.465 e. The first-order chi connectivity index (χ1) is 13.7. The number of furan rings is 1. The number of fused-ring (bicyclic) bond motifs is 1. The van der Waals surface area contributed by atoms with Crippen molar-refractivity contribution in [3.8, 4) is 11.5 Å². The number of hydrogen-bond donors (Lipinski definition) is 1. The average molecular weight is 378 g/mol. The van der Waals surface area contributed by atoms with E-state index in [-0.39, 0.29) is 12.5 Å². The van der Waals surface area contributed by atoms with E-state index >= 15 is 0 Å². The van der Waals surface area contributed by atoms with Gasteiger partial charge in [0, 0.05) is 18.7 Å². The zero-order valence-electron chi connectivity index (χ0n) is 15.2. The summed E-state index contributed by atoms with van der Waals surface area (Å²) >= 11 is 0. The van der Waals surface area contributed by atoms with Gasteiger partial charge in [0.2, 0.25) is 5.91 Å². The van der Waals surface area contributed by atoms with Crippen LogP contribution >= 0.6 is 0 Å². The molecule has 4 rings (SSSR count). The van der Waals surface area contributed by atoms with E-state index in [1.54, 1.807) is 28.9 Å². The first-order valence-corrected chi connectivity index (χ1v) is 8.89. The van der Waals surface area contributed by atoms with E-state index < -0.39 is 0 Å². The average Bonchev–Trinajstić information content (AvgIpc) is 3.45. The van der Waals surface area contributed by atoms with Gasteiger partial charge in [0.25, 0.3) is 5.89 Å². The summed E-state index contributed by atoms with van der Waals surface area (Å²) in [5, 5.41) is 15.1. The lowest BCUT2D eigenvalue weighted by Crippen LogP contribution is -2.21. The van der Waals surface area contributed by atoms with Crippen LogP contribution in [0.25, 0.3) is 23.2 Å². The Morgan fingerprint density at radius 1 is 1.29 bits per heavy atom. The van der Waals surface area contributed by atoms with Gasteiger partial charge in [-0.05, 0) is 36.8 Å². The van der Waals surface area contributed by atoms with Gasteiger partial charge >= 0.3 is 0 Å². The van der Waals surface area contributed by atoms with Crippen LogP contribution in [-0.4, -0.2) is 30.6 Å². The molecule has 0 unspecified atom stereocenters. The van der Waals surface area contributed by atoms with Crippen molar-refractivity contribution in [2.24, 2.45) is 0 Å². The monoisotopic (exact) mass is 378 g/mol. The second-order valence-electron chi connectivity index (χ2n) is 6.06. The Labute approximate surface area is 160 Å². The third-order valence-corrected chi connectivity index (χ3v) is 4.04. The molecule has 0 aliphatic rings. The van der Waals surface area contributed by atoms with Crippen LogP contribution in [-0.2, 0) is 17.8 Å². The Bertz CT molecular complexity index is 1110. The molecule has 9 heteroatoms. The Hall–Kier alpha value is -3.75. The zero-order valence-corrected chi connectivity index (χ0v) is 15.2. The highest BCUT2D eigenvalue weighted by molar-refractivity contribution is 5.91. The number of aryl methyl sites for hydroxylation is 1. The zero-order chi connectivity index (χ0) is 19.3. The standard InChI is InChI=1S/C19H18N6O3/c1-2-5-15-21-19(28-24-15)14-7-3-10-25-16(22-23-18(14)25)12-20-17(26)9-8-13-6-4-11-27-13/h3-4,6-11H,2,5,12H2,1H3,(H,20,26)/b9-8+. The van der Waals surface area contributed by atoms with Crippen molar-refractivity contribution < 1.29 is 13.7 Å². The van der Waals surface area contributed by atoms with Crippen molar-refractivity contribution >= 4 is 17.6 Å². The predicted octanol–water partition coefficient (Wildman–Crippen LogP) is 2.65. The minimum absolute atomic E-state index is 0.219. The number of rotatable bonds is 7. The molecule has 0 saturated heterocycles. The highest BCUT2D eigenvalue weighted by atomic mass is 16.5. The van der Waals surface area contributed by atoms with Gasteiger partial charge in [-0.1, -0.05) is 12.1 Å². The number of nitrogens with zero attached hydrogens (tertiary/aromatic N) is 5. The first-order valence-electron chi connectivity index (χ1n) is 8.89. The van der Waals surface area contributed by atoms with E-state index in [2.05, 4.69) is 32.6 Å². The van der Waals surface area contributed by atoms with Crippen LogP contribution in [0.5, 0.6) is 0 Å². The molecule has 0 aromatic carbocycles. The molecule has 0 spiro atoms. The molecule has 0 bridgehead atoms. The fourth-order valence-corrected chi connectivity index (χ4v) is 2.71. The van der Waals surface area contributed by atoms with Crippen LogP contribution in [0.1, 0.15) is 30.8 Å². The molecule has 4 aromatic rings. The predicted molar refractivity (Wildman–Crippen MR) is 99.9 cm³/mol. The van der Waals surface area contributed by atoms with Crippen molar-refractivity contribution in [1.29, 1.82) is 0 Å². The maximum atomic E-state index is 12.0. The van der Waals surface area contributed by atoms with Crippen molar-refractivity contribution in [3.63, 3.8) is 0 Å². The van der Waals surface area contributed by atoms with Gasteiger partial charge in [-0.15, -0.1) is 10.2 Å². The van der Waals surface area contributed by atoms with Gasteiger partial charge in [0.1, 0.15) is 5.76 Å².